The second kappa shape index (κ2) is 5.31. The zero-order valence-corrected chi connectivity index (χ0v) is 10.0. The van der Waals surface area contributed by atoms with Crippen LogP contribution in [0.2, 0.25) is 0 Å². The molecule has 1 rings (SSSR count). The van der Waals surface area contributed by atoms with Crippen LogP contribution < -0.4 is 0 Å². The first kappa shape index (κ1) is 12.2. The Bertz CT molecular complexity index is 264. The molecule has 1 fully saturated rings. The molecule has 0 saturated heterocycles. The molecule has 0 aromatic heterocycles. The van der Waals surface area contributed by atoms with Crippen LogP contribution in [0.3, 0.4) is 0 Å². The quantitative estimate of drug-likeness (QED) is 0.531. The van der Waals surface area contributed by atoms with Crippen LogP contribution in [-0.2, 0) is 14.3 Å². The average molecular weight is 212 g/mol. The number of ether oxygens (including phenoxy) is 2. The Morgan fingerprint density at radius 1 is 1.33 bits per heavy atom. The largest absolute Gasteiger partial charge is 0.469 e. The van der Waals surface area contributed by atoms with Gasteiger partial charge in [-0.15, -0.1) is 0 Å². The van der Waals surface area contributed by atoms with Crippen molar-refractivity contribution in [2.75, 3.05) is 20.8 Å². The number of esters is 1. The second-order valence-electron chi connectivity index (χ2n) is 4.36. The molecule has 2 atom stereocenters. The average Bonchev–Trinajstić information content (AvgIpc) is 2.61. The maximum Gasteiger partial charge on any atom is 0.309 e. The fourth-order valence-electron chi connectivity index (χ4n) is 2.20. The summed E-state index contributed by atoms with van der Waals surface area (Å²) in [5.74, 6) is 0.167. The van der Waals surface area contributed by atoms with Gasteiger partial charge < -0.3 is 9.47 Å². The van der Waals surface area contributed by atoms with Gasteiger partial charge in [-0.05, 0) is 32.6 Å². The Labute approximate surface area is 91.4 Å². The van der Waals surface area contributed by atoms with Gasteiger partial charge in [0.2, 0.25) is 0 Å². The molecule has 3 heteroatoms. The number of rotatable bonds is 3. The van der Waals surface area contributed by atoms with E-state index in [9.17, 15) is 4.79 Å². The summed E-state index contributed by atoms with van der Waals surface area (Å²) in [5.41, 5.74) is 2.70. The van der Waals surface area contributed by atoms with Crippen LogP contribution in [0.4, 0.5) is 0 Å². The topological polar surface area (TPSA) is 35.5 Å². The molecule has 86 valence electrons. The molecule has 1 aliphatic rings. The molecule has 0 aliphatic heterocycles. The van der Waals surface area contributed by atoms with E-state index in [-0.39, 0.29) is 17.8 Å². The maximum absolute atomic E-state index is 11.6. The minimum Gasteiger partial charge on any atom is -0.469 e. The first-order valence-electron chi connectivity index (χ1n) is 5.32. The van der Waals surface area contributed by atoms with Gasteiger partial charge in [0.1, 0.15) is 0 Å². The van der Waals surface area contributed by atoms with Gasteiger partial charge in [0.15, 0.2) is 0 Å². The molecule has 0 spiro atoms. The van der Waals surface area contributed by atoms with Crippen molar-refractivity contribution in [3.05, 3.63) is 11.1 Å². The van der Waals surface area contributed by atoms with Crippen LogP contribution in [-0.4, -0.2) is 26.8 Å². The molecule has 0 bridgehead atoms. The Morgan fingerprint density at radius 3 is 2.47 bits per heavy atom. The summed E-state index contributed by atoms with van der Waals surface area (Å²) in [6, 6.07) is 0. The summed E-state index contributed by atoms with van der Waals surface area (Å²) >= 11 is 0. The summed E-state index contributed by atoms with van der Waals surface area (Å²) in [4.78, 5) is 11.6. The summed E-state index contributed by atoms with van der Waals surface area (Å²) in [7, 11) is 3.13. The monoisotopic (exact) mass is 212 g/mol. The number of hydrogen-bond acceptors (Lipinski definition) is 3. The van der Waals surface area contributed by atoms with E-state index in [2.05, 4.69) is 13.8 Å². The van der Waals surface area contributed by atoms with Gasteiger partial charge >= 0.3 is 5.97 Å². The molecule has 1 saturated carbocycles. The summed E-state index contributed by atoms with van der Waals surface area (Å²) in [5, 5.41) is 0. The summed E-state index contributed by atoms with van der Waals surface area (Å²) < 4.78 is 9.97. The maximum atomic E-state index is 11.6. The highest BCUT2D eigenvalue weighted by molar-refractivity contribution is 5.73. The number of hydrogen-bond donors (Lipinski definition) is 0. The van der Waals surface area contributed by atoms with Crippen LogP contribution >= 0.6 is 0 Å². The van der Waals surface area contributed by atoms with Gasteiger partial charge in [0, 0.05) is 7.11 Å². The molecule has 0 aromatic rings. The highest BCUT2D eigenvalue weighted by Crippen LogP contribution is 2.38. The normalized spacial score (nSPS) is 25.5. The van der Waals surface area contributed by atoms with Gasteiger partial charge in [-0.2, -0.15) is 0 Å². The van der Waals surface area contributed by atoms with Gasteiger partial charge in [0.05, 0.1) is 19.6 Å². The van der Waals surface area contributed by atoms with Crippen molar-refractivity contribution in [1.82, 2.24) is 0 Å². The van der Waals surface area contributed by atoms with Crippen molar-refractivity contribution in [1.29, 1.82) is 0 Å². The molecule has 0 N–H and O–H groups in total. The van der Waals surface area contributed by atoms with Crippen molar-refractivity contribution in [2.45, 2.75) is 26.7 Å². The third kappa shape index (κ3) is 2.81. The van der Waals surface area contributed by atoms with Gasteiger partial charge in [0.25, 0.3) is 0 Å². The lowest BCUT2D eigenvalue weighted by atomic mass is 9.97. The van der Waals surface area contributed by atoms with Crippen LogP contribution in [0.1, 0.15) is 26.7 Å². The van der Waals surface area contributed by atoms with E-state index >= 15 is 0 Å². The minimum absolute atomic E-state index is 0.0140. The molecule has 15 heavy (non-hydrogen) atoms. The predicted molar refractivity (Wildman–Crippen MR) is 58.5 cm³/mol. The van der Waals surface area contributed by atoms with Crippen molar-refractivity contribution in [3.8, 4) is 0 Å². The lowest BCUT2D eigenvalue weighted by Gasteiger charge is -2.15. The Hall–Kier alpha value is -0.830. The Morgan fingerprint density at radius 2 is 2.00 bits per heavy atom. The van der Waals surface area contributed by atoms with E-state index in [0.29, 0.717) is 6.61 Å². The standard InChI is InChI=1S/C12H20O3/c1-8(2)9-5-10(7-14-3)11(6-9)12(13)15-4/h10-11H,5-7H2,1-4H3. The number of carbonyl (C=O) groups excluding carboxylic acids is 1. The highest BCUT2D eigenvalue weighted by Gasteiger charge is 2.36. The van der Waals surface area contributed by atoms with Gasteiger partial charge in [-0.1, -0.05) is 11.1 Å². The van der Waals surface area contributed by atoms with Crippen molar-refractivity contribution in [2.24, 2.45) is 11.8 Å². The van der Waals surface area contributed by atoms with Gasteiger partial charge in [-0.25, -0.2) is 0 Å². The third-order valence-corrected chi connectivity index (χ3v) is 3.14. The molecule has 0 aromatic carbocycles. The van der Waals surface area contributed by atoms with E-state index in [1.165, 1.54) is 18.3 Å². The molecule has 0 amide bonds. The Kier molecular flexibility index (Phi) is 4.33. The minimum atomic E-state index is -0.103. The molecular weight excluding hydrogens is 192 g/mol. The lowest BCUT2D eigenvalue weighted by molar-refractivity contribution is -0.147. The third-order valence-electron chi connectivity index (χ3n) is 3.14. The molecular formula is C12H20O3. The molecule has 0 radical (unpaired) electrons. The Balaban J connectivity index is 2.76. The van der Waals surface area contributed by atoms with Crippen LogP contribution in [0, 0.1) is 11.8 Å². The number of carbonyl (C=O) groups is 1. The van der Waals surface area contributed by atoms with E-state index in [1.807, 2.05) is 0 Å². The first-order valence-corrected chi connectivity index (χ1v) is 5.32. The molecule has 2 unspecified atom stereocenters. The second-order valence-corrected chi connectivity index (χ2v) is 4.36. The fourth-order valence-corrected chi connectivity index (χ4v) is 2.20. The van der Waals surface area contributed by atoms with E-state index in [0.717, 1.165) is 12.8 Å². The number of allylic oxidation sites excluding steroid dienone is 2. The predicted octanol–water partition coefficient (Wildman–Crippen LogP) is 2.17. The van der Waals surface area contributed by atoms with E-state index in [4.69, 9.17) is 9.47 Å². The lowest BCUT2D eigenvalue weighted by Crippen LogP contribution is -2.23. The first-order chi connectivity index (χ1) is 7.10. The molecule has 1 aliphatic carbocycles. The number of methoxy groups -OCH3 is 2. The zero-order valence-electron chi connectivity index (χ0n) is 10.0. The summed E-state index contributed by atoms with van der Waals surface area (Å²) in [6.45, 7) is 4.83. The molecule has 0 heterocycles. The van der Waals surface area contributed by atoms with E-state index in [1.54, 1.807) is 7.11 Å². The smallest absolute Gasteiger partial charge is 0.309 e. The van der Waals surface area contributed by atoms with Gasteiger partial charge in [-0.3, -0.25) is 4.79 Å². The molecule has 3 nitrogen and oxygen atoms in total. The van der Waals surface area contributed by atoms with Crippen LogP contribution in [0.25, 0.3) is 0 Å². The van der Waals surface area contributed by atoms with Crippen LogP contribution in [0.15, 0.2) is 11.1 Å². The SMILES string of the molecule is COCC1CC(=C(C)C)CC1C(=O)OC. The van der Waals surface area contributed by atoms with Crippen LogP contribution in [0.5, 0.6) is 0 Å². The van der Waals surface area contributed by atoms with E-state index < -0.39 is 0 Å². The van der Waals surface area contributed by atoms with Crippen molar-refractivity contribution >= 4 is 5.97 Å². The van der Waals surface area contributed by atoms with Crippen molar-refractivity contribution in [3.63, 3.8) is 0 Å². The zero-order chi connectivity index (χ0) is 11.4. The van der Waals surface area contributed by atoms with Crippen molar-refractivity contribution < 1.29 is 14.3 Å². The highest BCUT2D eigenvalue weighted by atomic mass is 16.5. The summed E-state index contributed by atoms with van der Waals surface area (Å²) in [6.07, 6.45) is 1.80. The fraction of sp³-hybridized carbons (Fsp3) is 0.750.